The van der Waals surface area contributed by atoms with Crippen LogP contribution in [0.15, 0.2) is 0 Å². The molecule has 0 aromatic carbocycles. The van der Waals surface area contributed by atoms with Crippen molar-refractivity contribution in [3.63, 3.8) is 0 Å². The third-order valence-corrected chi connectivity index (χ3v) is 4.34. The van der Waals surface area contributed by atoms with Crippen LogP contribution < -0.4 is 0 Å². The third-order valence-electron chi connectivity index (χ3n) is 4.34. The van der Waals surface area contributed by atoms with E-state index in [0.29, 0.717) is 6.42 Å². The van der Waals surface area contributed by atoms with E-state index in [1.807, 2.05) is 0 Å². The Morgan fingerprint density at radius 1 is 0.696 bits per heavy atom. The van der Waals surface area contributed by atoms with Crippen molar-refractivity contribution in [2.45, 2.75) is 102 Å². The van der Waals surface area contributed by atoms with Gasteiger partial charge in [-0.05, 0) is 19.3 Å². The van der Waals surface area contributed by atoms with Gasteiger partial charge in [-0.25, -0.2) is 0 Å². The molecule has 0 aliphatic heterocycles. The molecular weight excluding hydrogens is 294 g/mol. The molecule has 0 saturated heterocycles. The summed E-state index contributed by atoms with van der Waals surface area (Å²) in [5.74, 6) is 0. The van der Waals surface area contributed by atoms with Gasteiger partial charge in [0.1, 0.15) is 0 Å². The molecule has 0 spiro atoms. The SMILES string of the molecule is O=[N+]([O-])CCCCCCCCCCCCCCCC(O)CCO. The van der Waals surface area contributed by atoms with Gasteiger partial charge in [-0.15, -0.1) is 0 Å². The summed E-state index contributed by atoms with van der Waals surface area (Å²) >= 11 is 0. The van der Waals surface area contributed by atoms with Gasteiger partial charge in [0.2, 0.25) is 6.54 Å². The highest BCUT2D eigenvalue weighted by Gasteiger charge is 2.02. The maximum atomic E-state index is 10.2. The van der Waals surface area contributed by atoms with Crippen molar-refractivity contribution in [1.29, 1.82) is 0 Å². The predicted octanol–water partition coefficient (Wildman–Crippen LogP) is 4.47. The fourth-order valence-corrected chi connectivity index (χ4v) is 2.86. The topological polar surface area (TPSA) is 83.6 Å². The lowest BCUT2D eigenvalue weighted by molar-refractivity contribution is -0.480. The first-order chi connectivity index (χ1) is 11.2. The van der Waals surface area contributed by atoms with E-state index < -0.39 is 0 Å². The van der Waals surface area contributed by atoms with Crippen LogP contribution in [-0.4, -0.2) is 34.4 Å². The van der Waals surface area contributed by atoms with Gasteiger partial charge in [0.15, 0.2) is 0 Å². The molecule has 0 saturated carbocycles. The molecule has 138 valence electrons. The van der Waals surface area contributed by atoms with E-state index in [9.17, 15) is 15.2 Å². The quantitative estimate of drug-likeness (QED) is 0.220. The molecule has 0 aliphatic rings. The number of unbranched alkanes of at least 4 members (excludes halogenated alkanes) is 12. The van der Waals surface area contributed by atoms with Crippen molar-refractivity contribution in [2.75, 3.05) is 13.2 Å². The predicted molar refractivity (Wildman–Crippen MR) is 94.2 cm³/mol. The van der Waals surface area contributed by atoms with Crippen LogP contribution >= 0.6 is 0 Å². The molecule has 0 amide bonds. The van der Waals surface area contributed by atoms with E-state index in [-0.39, 0.29) is 24.2 Å². The first-order valence-corrected chi connectivity index (χ1v) is 9.57. The summed E-state index contributed by atoms with van der Waals surface area (Å²) in [4.78, 5) is 9.93. The van der Waals surface area contributed by atoms with Gasteiger partial charge in [0, 0.05) is 18.0 Å². The zero-order valence-corrected chi connectivity index (χ0v) is 14.8. The Bertz CT molecular complexity index is 261. The van der Waals surface area contributed by atoms with Crippen LogP contribution in [0.4, 0.5) is 0 Å². The monoisotopic (exact) mass is 331 g/mol. The summed E-state index contributed by atoms with van der Waals surface area (Å²) in [6, 6.07) is 0. The largest absolute Gasteiger partial charge is 0.396 e. The zero-order chi connectivity index (χ0) is 17.2. The number of nitrogens with zero attached hydrogens (tertiary/aromatic N) is 1. The summed E-state index contributed by atoms with van der Waals surface area (Å²) in [6.45, 7) is 0.209. The highest BCUT2D eigenvalue weighted by Crippen LogP contribution is 2.13. The summed E-state index contributed by atoms with van der Waals surface area (Å²) < 4.78 is 0. The lowest BCUT2D eigenvalue weighted by Crippen LogP contribution is -2.08. The van der Waals surface area contributed by atoms with Crippen LogP contribution in [-0.2, 0) is 0 Å². The number of hydrogen-bond donors (Lipinski definition) is 2. The number of nitro groups is 1. The van der Waals surface area contributed by atoms with Crippen molar-refractivity contribution in [1.82, 2.24) is 0 Å². The fourth-order valence-electron chi connectivity index (χ4n) is 2.86. The van der Waals surface area contributed by atoms with Gasteiger partial charge in [-0.1, -0.05) is 70.6 Å². The second kappa shape index (κ2) is 17.7. The van der Waals surface area contributed by atoms with Gasteiger partial charge in [0.05, 0.1) is 6.10 Å². The zero-order valence-electron chi connectivity index (χ0n) is 14.8. The molecule has 23 heavy (non-hydrogen) atoms. The highest BCUT2D eigenvalue weighted by atomic mass is 16.6. The Kier molecular flexibility index (Phi) is 17.1. The van der Waals surface area contributed by atoms with Gasteiger partial charge >= 0.3 is 0 Å². The fraction of sp³-hybridized carbons (Fsp3) is 1.00. The molecule has 2 N–H and O–H groups in total. The molecule has 0 bridgehead atoms. The Morgan fingerprint density at radius 3 is 1.48 bits per heavy atom. The van der Waals surface area contributed by atoms with Gasteiger partial charge in [-0.3, -0.25) is 10.1 Å². The van der Waals surface area contributed by atoms with E-state index in [1.54, 1.807) is 0 Å². The average Bonchev–Trinajstić information content (AvgIpc) is 2.51. The standard InChI is InChI=1S/C18H37NO4/c20-17-15-18(21)14-12-10-8-6-4-2-1-3-5-7-9-11-13-16-19(22)23/h18,20-21H,1-17H2. The summed E-state index contributed by atoms with van der Waals surface area (Å²) in [5, 5.41) is 28.3. The lowest BCUT2D eigenvalue weighted by Gasteiger charge is -2.08. The van der Waals surface area contributed by atoms with Crippen LogP contribution in [0.25, 0.3) is 0 Å². The van der Waals surface area contributed by atoms with E-state index in [4.69, 9.17) is 5.11 Å². The molecule has 5 nitrogen and oxygen atoms in total. The van der Waals surface area contributed by atoms with Gasteiger partial charge < -0.3 is 10.2 Å². The molecular formula is C18H37NO4. The number of aliphatic hydroxyl groups is 2. The van der Waals surface area contributed by atoms with Gasteiger partial charge in [-0.2, -0.15) is 0 Å². The van der Waals surface area contributed by atoms with Crippen LogP contribution in [0.2, 0.25) is 0 Å². The second-order valence-electron chi connectivity index (χ2n) is 6.61. The summed E-state index contributed by atoms with van der Waals surface area (Å²) in [5.41, 5.74) is 0. The first kappa shape index (κ1) is 22.3. The van der Waals surface area contributed by atoms with Crippen LogP contribution in [0.5, 0.6) is 0 Å². The molecule has 5 heteroatoms. The van der Waals surface area contributed by atoms with Crippen LogP contribution in [0, 0.1) is 10.1 Å². The second-order valence-corrected chi connectivity index (χ2v) is 6.61. The molecule has 0 rings (SSSR count). The highest BCUT2D eigenvalue weighted by molar-refractivity contribution is 4.55. The molecule has 0 radical (unpaired) electrons. The van der Waals surface area contributed by atoms with Crippen molar-refractivity contribution in [2.24, 2.45) is 0 Å². The van der Waals surface area contributed by atoms with Crippen molar-refractivity contribution < 1.29 is 15.1 Å². The first-order valence-electron chi connectivity index (χ1n) is 9.57. The Hall–Kier alpha value is -0.680. The molecule has 0 aromatic rings. The van der Waals surface area contributed by atoms with Crippen LogP contribution in [0.3, 0.4) is 0 Å². The van der Waals surface area contributed by atoms with Gasteiger partial charge in [0.25, 0.3) is 0 Å². The minimum Gasteiger partial charge on any atom is -0.396 e. The molecule has 1 atom stereocenters. The van der Waals surface area contributed by atoms with Crippen LogP contribution in [0.1, 0.15) is 96.3 Å². The van der Waals surface area contributed by atoms with E-state index >= 15 is 0 Å². The lowest BCUT2D eigenvalue weighted by atomic mass is 10.0. The van der Waals surface area contributed by atoms with E-state index in [1.165, 1.54) is 57.8 Å². The molecule has 0 heterocycles. The number of rotatable bonds is 18. The molecule has 0 aliphatic carbocycles. The third kappa shape index (κ3) is 19.3. The maximum Gasteiger partial charge on any atom is 0.203 e. The smallest absolute Gasteiger partial charge is 0.203 e. The summed E-state index contributed by atoms with van der Waals surface area (Å²) in [7, 11) is 0. The Balaban J connectivity index is 3.04. The minimum absolute atomic E-state index is 0.0834. The van der Waals surface area contributed by atoms with E-state index in [0.717, 1.165) is 32.1 Å². The average molecular weight is 331 g/mol. The number of hydrogen-bond acceptors (Lipinski definition) is 4. The molecule has 1 unspecified atom stereocenters. The minimum atomic E-state index is -0.320. The molecule has 0 aromatic heterocycles. The summed E-state index contributed by atoms with van der Waals surface area (Å²) in [6.07, 6.45) is 16.4. The Morgan fingerprint density at radius 2 is 1.09 bits per heavy atom. The van der Waals surface area contributed by atoms with Crippen molar-refractivity contribution >= 4 is 0 Å². The Labute approximate surface area is 141 Å². The van der Waals surface area contributed by atoms with Crippen molar-refractivity contribution in [3.05, 3.63) is 10.1 Å². The van der Waals surface area contributed by atoms with E-state index in [2.05, 4.69) is 0 Å². The molecule has 0 fully saturated rings. The normalized spacial score (nSPS) is 12.4. The maximum absolute atomic E-state index is 10.2. The van der Waals surface area contributed by atoms with Crippen molar-refractivity contribution in [3.8, 4) is 0 Å². The number of aliphatic hydroxyl groups excluding tert-OH is 2.